The fourth-order valence-electron chi connectivity index (χ4n) is 1.00. The first-order valence-electron chi connectivity index (χ1n) is 3.83. The van der Waals surface area contributed by atoms with Crippen LogP contribution in [0.3, 0.4) is 0 Å². The third-order valence-corrected chi connectivity index (χ3v) is 1.90. The topological polar surface area (TPSA) is 60.9 Å². The Morgan fingerprint density at radius 2 is 2.29 bits per heavy atom. The van der Waals surface area contributed by atoms with Crippen molar-refractivity contribution in [2.45, 2.75) is 0 Å². The van der Waals surface area contributed by atoms with Gasteiger partial charge in [-0.05, 0) is 17.7 Å². The maximum atomic E-state index is 11.3. The van der Waals surface area contributed by atoms with Gasteiger partial charge >= 0.3 is 5.35 Å². The summed E-state index contributed by atoms with van der Waals surface area (Å²) in [6.07, 6.45) is 1.62. The summed E-state index contributed by atoms with van der Waals surface area (Å²) >= 11 is 5.46. The molecule has 0 saturated heterocycles. The second-order valence-electron chi connectivity index (χ2n) is 2.72. The van der Waals surface area contributed by atoms with E-state index in [4.69, 9.17) is 16.0 Å². The molecule has 2 heterocycles. The van der Waals surface area contributed by atoms with Gasteiger partial charge in [0.05, 0.1) is 0 Å². The highest BCUT2D eigenvalue weighted by Crippen LogP contribution is 2.17. The summed E-state index contributed by atoms with van der Waals surface area (Å²) in [7, 11) is 1.66. The average Bonchev–Trinajstić information content (AvgIpc) is 2.57. The molecule has 5 nitrogen and oxygen atoms in total. The molecular weight excluding hydrogens is 206 g/mol. The maximum Gasteiger partial charge on any atom is 0.313 e. The van der Waals surface area contributed by atoms with Crippen LogP contribution in [0.15, 0.2) is 27.5 Å². The van der Waals surface area contributed by atoms with E-state index in [0.717, 1.165) is 0 Å². The highest BCUT2D eigenvalue weighted by Gasteiger charge is 2.07. The van der Waals surface area contributed by atoms with Gasteiger partial charge in [-0.25, -0.2) is 0 Å². The van der Waals surface area contributed by atoms with Crippen LogP contribution < -0.4 is 5.56 Å². The van der Waals surface area contributed by atoms with E-state index in [1.807, 2.05) is 0 Å². The fourth-order valence-corrected chi connectivity index (χ4v) is 1.11. The van der Waals surface area contributed by atoms with Crippen molar-refractivity contribution < 1.29 is 4.42 Å². The molecule has 14 heavy (non-hydrogen) atoms. The number of nitrogens with zero attached hydrogens (tertiary/aromatic N) is 3. The van der Waals surface area contributed by atoms with Gasteiger partial charge in [0.2, 0.25) is 5.89 Å². The Kier molecular flexibility index (Phi) is 2.09. The smallest absolute Gasteiger partial charge is 0.313 e. The van der Waals surface area contributed by atoms with Crippen molar-refractivity contribution in [3.05, 3.63) is 34.0 Å². The van der Waals surface area contributed by atoms with Gasteiger partial charge in [-0.3, -0.25) is 4.79 Å². The van der Waals surface area contributed by atoms with Crippen LogP contribution in [0.1, 0.15) is 0 Å². The van der Waals surface area contributed by atoms with Gasteiger partial charge in [-0.1, -0.05) is 5.10 Å². The fraction of sp³-hybridized carbons (Fsp3) is 0.125. The molecule has 0 aliphatic carbocycles. The molecule has 0 saturated carbocycles. The Labute approximate surface area is 83.9 Å². The van der Waals surface area contributed by atoms with Crippen LogP contribution in [-0.4, -0.2) is 14.8 Å². The molecule has 0 bridgehead atoms. The highest BCUT2D eigenvalue weighted by molar-refractivity contribution is 6.27. The first kappa shape index (κ1) is 8.96. The molecule has 0 N–H and O–H groups in total. The molecule has 0 amide bonds. The van der Waals surface area contributed by atoms with E-state index in [1.165, 1.54) is 10.6 Å². The Morgan fingerprint density at radius 1 is 1.50 bits per heavy atom. The predicted octanol–water partition coefficient (Wildman–Crippen LogP) is 1.09. The third kappa shape index (κ3) is 1.54. The largest absolute Gasteiger partial charge is 0.407 e. The normalized spacial score (nSPS) is 10.4. The zero-order valence-electron chi connectivity index (χ0n) is 7.27. The summed E-state index contributed by atoms with van der Waals surface area (Å²) in [5.41, 5.74) is 0.421. The van der Waals surface area contributed by atoms with Crippen molar-refractivity contribution in [3.63, 3.8) is 0 Å². The van der Waals surface area contributed by atoms with Crippen LogP contribution in [0.25, 0.3) is 11.5 Å². The summed E-state index contributed by atoms with van der Waals surface area (Å²) in [4.78, 5) is 11.3. The van der Waals surface area contributed by atoms with Crippen LogP contribution >= 0.6 is 11.6 Å². The summed E-state index contributed by atoms with van der Waals surface area (Å²) in [5, 5.41) is 7.10. The maximum absolute atomic E-state index is 11.3. The van der Waals surface area contributed by atoms with Gasteiger partial charge in [-0.2, -0.15) is 0 Å². The van der Waals surface area contributed by atoms with Crippen LogP contribution in [0.5, 0.6) is 0 Å². The molecule has 0 atom stereocenters. The zero-order valence-corrected chi connectivity index (χ0v) is 8.02. The number of aromatic nitrogens is 3. The van der Waals surface area contributed by atoms with Crippen molar-refractivity contribution in [2.24, 2.45) is 7.05 Å². The van der Waals surface area contributed by atoms with Gasteiger partial charge in [0.25, 0.3) is 5.56 Å². The average molecular weight is 212 g/mol. The van der Waals surface area contributed by atoms with Crippen molar-refractivity contribution in [3.8, 4) is 11.5 Å². The number of halogens is 1. The summed E-state index contributed by atoms with van der Waals surface area (Å²) in [6.45, 7) is 0. The first-order chi connectivity index (χ1) is 6.66. The van der Waals surface area contributed by atoms with E-state index in [2.05, 4.69) is 10.2 Å². The van der Waals surface area contributed by atoms with Crippen LogP contribution in [0.2, 0.25) is 5.35 Å². The molecule has 0 aliphatic heterocycles. The number of aryl methyl sites for hydroxylation is 1. The molecule has 0 spiro atoms. The van der Waals surface area contributed by atoms with Gasteiger partial charge in [0, 0.05) is 24.9 Å². The van der Waals surface area contributed by atoms with E-state index < -0.39 is 0 Å². The van der Waals surface area contributed by atoms with Gasteiger partial charge in [-0.15, -0.1) is 5.10 Å². The minimum absolute atomic E-state index is 0.0410. The van der Waals surface area contributed by atoms with E-state index >= 15 is 0 Å². The molecule has 2 aromatic rings. The minimum Gasteiger partial charge on any atom is -0.407 e. The van der Waals surface area contributed by atoms with Gasteiger partial charge in [0.1, 0.15) is 0 Å². The molecule has 0 unspecified atom stereocenters. The molecule has 0 fully saturated rings. The molecule has 2 rings (SSSR count). The molecular formula is C8H6ClN3O2. The number of rotatable bonds is 1. The summed E-state index contributed by atoms with van der Waals surface area (Å²) < 4.78 is 6.41. The molecule has 2 aromatic heterocycles. The SMILES string of the molecule is Cn1ccc(-c2nnc(Cl)o2)cc1=O. The molecule has 72 valence electrons. The second kappa shape index (κ2) is 3.26. The van der Waals surface area contributed by atoms with Crippen LogP contribution in [-0.2, 0) is 7.05 Å². The van der Waals surface area contributed by atoms with Gasteiger partial charge in [0.15, 0.2) is 0 Å². The predicted molar refractivity (Wildman–Crippen MR) is 50.0 cm³/mol. The van der Waals surface area contributed by atoms with Crippen molar-refractivity contribution in [1.82, 2.24) is 14.8 Å². The third-order valence-electron chi connectivity index (χ3n) is 1.75. The Hall–Kier alpha value is -1.62. The van der Waals surface area contributed by atoms with E-state index in [1.54, 1.807) is 19.3 Å². The quantitative estimate of drug-likeness (QED) is 0.709. The first-order valence-corrected chi connectivity index (χ1v) is 4.20. The van der Waals surface area contributed by atoms with Crippen LogP contribution in [0.4, 0.5) is 0 Å². The number of hydrogen-bond donors (Lipinski definition) is 0. The zero-order chi connectivity index (χ0) is 10.1. The lowest BCUT2D eigenvalue weighted by atomic mass is 10.3. The van der Waals surface area contributed by atoms with Crippen molar-refractivity contribution in [2.75, 3.05) is 0 Å². The van der Waals surface area contributed by atoms with Crippen LogP contribution in [0, 0.1) is 0 Å². The Bertz CT molecular complexity index is 517. The van der Waals surface area contributed by atoms with Gasteiger partial charge < -0.3 is 8.98 Å². The summed E-state index contributed by atoms with van der Waals surface area (Å²) in [6, 6.07) is 3.11. The lowest BCUT2D eigenvalue weighted by molar-refractivity contribution is 0.570. The van der Waals surface area contributed by atoms with E-state index in [9.17, 15) is 4.79 Å². The lowest BCUT2D eigenvalue weighted by Crippen LogP contribution is -2.14. The van der Waals surface area contributed by atoms with E-state index in [0.29, 0.717) is 5.56 Å². The Balaban J connectivity index is 2.53. The molecule has 0 aliphatic rings. The molecule has 0 radical (unpaired) electrons. The molecule has 0 aromatic carbocycles. The number of pyridine rings is 1. The standard InChI is InChI=1S/C8H6ClN3O2/c1-12-3-2-5(4-6(12)13)7-10-11-8(9)14-7/h2-4H,1H3. The summed E-state index contributed by atoms with van der Waals surface area (Å²) in [5.74, 6) is 0.243. The van der Waals surface area contributed by atoms with E-state index in [-0.39, 0.29) is 16.8 Å². The lowest BCUT2D eigenvalue weighted by Gasteiger charge is -1.96. The highest BCUT2D eigenvalue weighted by atomic mass is 35.5. The Morgan fingerprint density at radius 3 is 2.86 bits per heavy atom. The monoisotopic (exact) mass is 211 g/mol. The minimum atomic E-state index is -0.142. The van der Waals surface area contributed by atoms with Crippen molar-refractivity contribution >= 4 is 11.6 Å². The second-order valence-corrected chi connectivity index (χ2v) is 3.05. The number of hydrogen-bond acceptors (Lipinski definition) is 4. The van der Waals surface area contributed by atoms with Crippen molar-refractivity contribution in [1.29, 1.82) is 0 Å². The molecule has 6 heteroatoms.